The molecule has 3 rings (SSSR count). The molecule has 0 bridgehead atoms. The van der Waals surface area contributed by atoms with Gasteiger partial charge in [0.25, 0.3) is 5.91 Å². The van der Waals surface area contributed by atoms with E-state index in [1.54, 1.807) is 7.11 Å². The number of ether oxygens (including phenoxy) is 1. The van der Waals surface area contributed by atoms with Gasteiger partial charge in [0.15, 0.2) is 6.10 Å². The molecule has 4 heteroatoms. The third-order valence-corrected chi connectivity index (χ3v) is 5.17. The van der Waals surface area contributed by atoms with E-state index in [2.05, 4.69) is 34.5 Å². The summed E-state index contributed by atoms with van der Waals surface area (Å²) >= 11 is 0. The van der Waals surface area contributed by atoms with Gasteiger partial charge >= 0.3 is 0 Å². The lowest BCUT2D eigenvalue weighted by Gasteiger charge is -2.20. The first-order chi connectivity index (χ1) is 13.3. The van der Waals surface area contributed by atoms with E-state index in [9.17, 15) is 4.79 Å². The van der Waals surface area contributed by atoms with Gasteiger partial charge in [-0.25, -0.2) is 0 Å². The first kappa shape index (κ1) is 19.6. The largest absolute Gasteiger partial charge is 0.367 e. The van der Waals surface area contributed by atoms with E-state index in [1.807, 2.05) is 30.3 Å². The SMILES string of the molecule is COC(C(=O)NCc1ccc(CN2CCCCCC2)cc1)c1ccccc1. The highest BCUT2D eigenvalue weighted by molar-refractivity contribution is 5.82. The molecule has 1 aliphatic heterocycles. The smallest absolute Gasteiger partial charge is 0.254 e. The molecule has 2 aromatic carbocycles. The lowest BCUT2D eigenvalue weighted by atomic mass is 10.1. The number of methoxy groups -OCH3 is 1. The quantitative estimate of drug-likeness (QED) is 0.803. The number of likely N-dealkylation sites (tertiary alicyclic amines) is 1. The van der Waals surface area contributed by atoms with Gasteiger partial charge in [-0.1, -0.05) is 67.4 Å². The van der Waals surface area contributed by atoms with Crippen molar-refractivity contribution in [3.8, 4) is 0 Å². The zero-order valence-electron chi connectivity index (χ0n) is 16.2. The summed E-state index contributed by atoms with van der Waals surface area (Å²) in [5, 5.41) is 2.98. The molecule has 0 saturated carbocycles. The Kier molecular flexibility index (Phi) is 7.43. The summed E-state index contributed by atoms with van der Waals surface area (Å²) in [6.45, 7) is 3.94. The molecule has 0 radical (unpaired) electrons. The normalized spacial score (nSPS) is 16.5. The number of hydrogen-bond acceptors (Lipinski definition) is 3. The minimum absolute atomic E-state index is 0.114. The van der Waals surface area contributed by atoms with Crippen molar-refractivity contribution in [2.75, 3.05) is 20.2 Å². The van der Waals surface area contributed by atoms with E-state index in [-0.39, 0.29) is 5.91 Å². The molecular weight excluding hydrogens is 336 g/mol. The summed E-state index contributed by atoms with van der Waals surface area (Å²) in [5.74, 6) is -0.114. The lowest BCUT2D eigenvalue weighted by Crippen LogP contribution is -2.30. The number of rotatable bonds is 7. The highest BCUT2D eigenvalue weighted by Gasteiger charge is 2.19. The van der Waals surface area contributed by atoms with Crippen molar-refractivity contribution in [2.24, 2.45) is 0 Å². The molecule has 1 aliphatic rings. The Hall–Kier alpha value is -2.17. The van der Waals surface area contributed by atoms with Gasteiger partial charge in [-0.15, -0.1) is 0 Å². The van der Waals surface area contributed by atoms with Crippen molar-refractivity contribution >= 4 is 5.91 Å². The van der Waals surface area contributed by atoms with E-state index in [4.69, 9.17) is 4.74 Å². The van der Waals surface area contributed by atoms with Crippen LogP contribution in [0, 0.1) is 0 Å². The van der Waals surface area contributed by atoms with Gasteiger partial charge in [-0.3, -0.25) is 9.69 Å². The van der Waals surface area contributed by atoms with Crippen molar-refractivity contribution in [1.29, 1.82) is 0 Å². The summed E-state index contributed by atoms with van der Waals surface area (Å²) in [4.78, 5) is 15.0. The van der Waals surface area contributed by atoms with Crippen LogP contribution in [-0.4, -0.2) is 31.0 Å². The molecule has 0 spiro atoms. The molecule has 1 unspecified atom stereocenters. The van der Waals surface area contributed by atoms with Crippen LogP contribution < -0.4 is 5.32 Å². The monoisotopic (exact) mass is 366 g/mol. The maximum Gasteiger partial charge on any atom is 0.254 e. The molecule has 27 heavy (non-hydrogen) atoms. The van der Waals surface area contributed by atoms with Crippen LogP contribution in [-0.2, 0) is 22.6 Å². The number of carbonyl (C=O) groups is 1. The van der Waals surface area contributed by atoms with Crippen molar-refractivity contribution in [1.82, 2.24) is 10.2 Å². The maximum absolute atomic E-state index is 12.5. The fraction of sp³-hybridized carbons (Fsp3) is 0.435. The number of benzene rings is 2. The fourth-order valence-corrected chi connectivity index (χ4v) is 3.62. The molecule has 4 nitrogen and oxygen atoms in total. The molecule has 1 heterocycles. The molecule has 1 atom stereocenters. The third-order valence-electron chi connectivity index (χ3n) is 5.17. The highest BCUT2D eigenvalue weighted by atomic mass is 16.5. The van der Waals surface area contributed by atoms with Crippen LogP contribution in [0.4, 0.5) is 0 Å². The number of amides is 1. The highest BCUT2D eigenvalue weighted by Crippen LogP contribution is 2.17. The Morgan fingerprint density at radius 3 is 2.22 bits per heavy atom. The Balaban J connectivity index is 1.51. The number of carbonyl (C=O) groups excluding carboxylic acids is 1. The first-order valence-electron chi connectivity index (χ1n) is 9.92. The van der Waals surface area contributed by atoms with Gasteiger partial charge in [-0.2, -0.15) is 0 Å². The Bertz CT molecular complexity index is 692. The van der Waals surface area contributed by atoms with E-state index in [0.29, 0.717) is 6.54 Å². The predicted molar refractivity (Wildman–Crippen MR) is 108 cm³/mol. The van der Waals surface area contributed by atoms with Gasteiger partial charge in [0.05, 0.1) is 0 Å². The standard InChI is InChI=1S/C23H30N2O2/c1-27-22(21-9-5-4-6-10-21)23(26)24-17-19-11-13-20(14-12-19)18-25-15-7-2-3-8-16-25/h4-6,9-14,22H,2-3,7-8,15-18H2,1H3,(H,24,26). The zero-order valence-corrected chi connectivity index (χ0v) is 16.2. The lowest BCUT2D eigenvalue weighted by molar-refractivity contribution is -0.131. The van der Waals surface area contributed by atoms with Gasteiger partial charge in [-0.05, 0) is 42.6 Å². The molecule has 1 amide bonds. The minimum Gasteiger partial charge on any atom is -0.367 e. The van der Waals surface area contributed by atoms with Crippen LogP contribution in [0.15, 0.2) is 54.6 Å². The summed E-state index contributed by atoms with van der Waals surface area (Å²) in [6, 6.07) is 18.2. The fourth-order valence-electron chi connectivity index (χ4n) is 3.62. The topological polar surface area (TPSA) is 41.6 Å². The third kappa shape index (κ3) is 5.91. The second-order valence-corrected chi connectivity index (χ2v) is 7.25. The Morgan fingerprint density at radius 2 is 1.59 bits per heavy atom. The first-order valence-corrected chi connectivity index (χ1v) is 9.92. The van der Waals surface area contributed by atoms with Gasteiger partial charge in [0, 0.05) is 20.2 Å². The number of nitrogens with zero attached hydrogens (tertiary/aromatic N) is 1. The number of nitrogens with one attached hydrogen (secondary N) is 1. The van der Waals surface area contributed by atoms with Crippen molar-refractivity contribution in [3.63, 3.8) is 0 Å². The molecule has 144 valence electrons. The van der Waals surface area contributed by atoms with Crippen LogP contribution in [0.3, 0.4) is 0 Å². The molecule has 1 saturated heterocycles. The molecule has 0 aliphatic carbocycles. The zero-order chi connectivity index (χ0) is 18.9. The van der Waals surface area contributed by atoms with E-state index >= 15 is 0 Å². The van der Waals surface area contributed by atoms with Crippen LogP contribution >= 0.6 is 0 Å². The number of hydrogen-bond donors (Lipinski definition) is 1. The van der Waals surface area contributed by atoms with Crippen LogP contribution in [0.25, 0.3) is 0 Å². The average Bonchev–Trinajstić information content (AvgIpc) is 2.97. The summed E-state index contributed by atoms with van der Waals surface area (Å²) in [5.41, 5.74) is 3.31. The molecule has 1 fully saturated rings. The molecule has 0 aromatic heterocycles. The van der Waals surface area contributed by atoms with E-state index < -0.39 is 6.10 Å². The second-order valence-electron chi connectivity index (χ2n) is 7.25. The predicted octanol–water partition coefficient (Wildman–Crippen LogP) is 4.07. The van der Waals surface area contributed by atoms with Crippen LogP contribution in [0.5, 0.6) is 0 Å². The Labute approximate surface area is 162 Å². The van der Waals surface area contributed by atoms with E-state index in [0.717, 1.165) is 17.7 Å². The second kappa shape index (κ2) is 10.2. The minimum atomic E-state index is -0.575. The average molecular weight is 367 g/mol. The molecule has 2 aromatic rings. The van der Waals surface area contributed by atoms with Crippen LogP contribution in [0.1, 0.15) is 48.5 Å². The summed E-state index contributed by atoms with van der Waals surface area (Å²) in [6.07, 6.45) is 4.77. The summed E-state index contributed by atoms with van der Waals surface area (Å²) in [7, 11) is 1.56. The Morgan fingerprint density at radius 1 is 0.963 bits per heavy atom. The van der Waals surface area contributed by atoms with Gasteiger partial charge < -0.3 is 10.1 Å². The summed E-state index contributed by atoms with van der Waals surface area (Å²) < 4.78 is 5.38. The van der Waals surface area contributed by atoms with Gasteiger partial charge in [0.1, 0.15) is 0 Å². The van der Waals surface area contributed by atoms with E-state index in [1.165, 1.54) is 44.3 Å². The van der Waals surface area contributed by atoms with Crippen molar-refractivity contribution in [3.05, 3.63) is 71.3 Å². The molecular formula is C23H30N2O2. The van der Waals surface area contributed by atoms with Crippen molar-refractivity contribution < 1.29 is 9.53 Å². The van der Waals surface area contributed by atoms with Gasteiger partial charge in [0.2, 0.25) is 0 Å². The van der Waals surface area contributed by atoms with Crippen molar-refractivity contribution in [2.45, 2.75) is 44.9 Å². The van der Waals surface area contributed by atoms with Crippen LogP contribution in [0.2, 0.25) is 0 Å². The molecule has 1 N–H and O–H groups in total. The maximum atomic E-state index is 12.5.